The molecule has 0 saturated carbocycles. The molecule has 0 fully saturated rings. The van der Waals surface area contributed by atoms with Crippen molar-refractivity contribution in [1.29, 1.82) is 5.41 Å². The highest BCUT2D eigenvalue weighted by atomic mass is 35.5. The molecule has 1 radical (unpaired) electrons. The van der Waals surface area contributed by atoms with E-state index in [-0.39, 0.29) is 0 Å². The van der Waals surface area contributed by atoms with Gasteiger partial charge in [0, 0.05) is 11.6 Å². The van der Waals surface area contributed by atoms with Gasteiger partial charge in [0.05, 0.1) is 0 Å². The summed E-state index contributed by atoms with van der Waals surface area (Å²) < 4.78 is 0. The fourth-order valence-electron chi connectivity index (χ4n) is 0.463. The van der Waals surface area contributed by atoms with Crippen LogP contribution in [0, 0.1) is 11.8 Å². The van der Waals surface area contributed by atoms with Crippen LogP contribution in [0.4, 0.5) is 0 Å². The molecule has 0 spiro atoms. The van der Waals surface area contributed by atoms with Crippen LogP contribution < -0.4 is 0 Å². The summed E-state index contributed by atoms with van der Waals surface area (Å²) in [6.07, 6.45) is 3.48. The first-order chi connectivity index (χ1) is 3.81. The Kier molecular flexibility index (Phi) is 5.08. The van der Waals surface area contributed by atoms with Crippen molar-refractivity contribution in [1.82, 2.24) is 0 Å². The van der Waals surface area contributed by atoms with E-state index in [1.54, 1.807) is 0 Å². The topological polar surface area (TPSA) is 23.9 Å². The Balaban J connectivity index is 3.06. The molecule has 0 aliphatic heterocycles. The van der Waals surface area contributed by atoms with Crippen LogP contribution in [0.25, 0.3) is 0 Å². The standard InChI is InChI=1S/C6H11ClN/c1-2-3-6(8)4-5-7/h2,8H,3-5H2,1H3. The number of nitrogens with one attached hydrogen (secondary N) is 1. The predicted molar refractivity (Wildman–Crippen MR) is 37.7 cm³/mol. The van der Waals surface area contributed by atoms with Gasteiger partial charge in [-0.25, -0.2) is 0 Å². The summed E-state index contributed by atoms with van der Waals surface area (Å²) in [6.45, 7) is 1.95. The first-order valence-corrected chi connectivity index (χ1v) is 3.24. The Hall–Kier alpha value is -0.0400. The van der Waals surface area contributed by atoms with E-state index < -0.39 is 0 Å². The second-order valence-electron chi connectivity index (χ2n) is 1.65. The van der Waals surface area contributed by atoms with Crippen molar-refractivity contribution >= 4 is 17.3 Å². The van der Waals surface area contributed by atoms with Gasteiger partial charge in [0.25, 0.3) is 0 Å². The molecule has 0 aromatic rings. The van der Waals surface area contributed by atoms with Crippen LogP contribution in [0.2, 0.25) is 0 Å². The predicted octanol–water partition coefficient (Wildman–Crippen LogP) is 2.25. The molecule has 1 N–H and O–H groups in total. The highest BCUT2D eigenvalue weighted by molar-refractivity contribution is 6.19. The van der Waals surface area contributed by atoms with Crippen molar-refractivity contribution in [2.24, 2.45) is 0 Å². The van der Waals surface area contributed by atoms with Crippen LogP contribution in [-0.4, -0.2) is 11.6 Å². The third kappa shape index (κ3) is 4.13. The van der Waals surface area contributed by atoms with E-state index >= 15 is 0 Å². The first kappa shape index (κ1) is 7.96. The van der Waals surface area contributed by atoms with Crippen LogP contribution in [0.5, 0.6) is 0 Å². The number of hydrogen-bond donors (Lipinski definition) is 1. The molecular formula is C6H11ClN. The maximum atomic E-state index is 7.17. The van der Waals surface area contributed by atoms with Gasteiger partial charge in [-0.1, -0.05) is 6.92 Å². The van der Waals surface area contributed by atoms with E-state index in [1.165, 1.54) is 0 Å². The molecule has 0 amide bonds. The minimum absolute atomic E-state index is 0.576. The van der Waals surface area contributed by atoms with Gasteiger partial charge in [-0.3, -0.25) is 0 Å². The SMILES string of the molecule is C[CH]CC(=N)CCCl. The maximum Gasteiger partial charge on any atom is 0.0275 e. The highest BCUT2D eigenvalue weighted by Gasteiger charge is 1.91. The summed E-state index contributed by atoms with van der Waals surface area (Å²) in [4.78, 5) is 0. The molecule has 1 nitrogen and oxygen atoms in total. The van der Waals surface area contributed by atoms with E-state index in [2.05, 4.69) is 0 Å². The zero-order valence-corrected chi connectivity index (χ0v) is 5.83. The number of alkyl halides is 1. The zero-order valence-electron chi connectivity index (χ0n) is 5.08. The normalized spacial score (nSPS) is 9.25. The van der Waals surface area contributed by atoms with E-state index in [4.69, 9.17) is 17.0 Å². The molecule has 47 valence electrons. The average Bonchev–Trinajstić information content (AvgIpc) is 1.68. The third-order valence-corrected chi connectivity index (χ3v) is 1.04. The van der Waals surface area contributed by atoms with Crippen LogP contribution >= 0.6 is 11.6 Å². The lowest BCUT2D eigenvalue weighted by atomic mass is 10.2. The average molecular weight is 133 g/mol. The molecule has 0 heterocycles. The minimum Gasteiger partial charge on any atom is -0.310 e. The van der Waals surface area contributed by atoms with Crippen molar-refractivity contribution < 1.29 is 0 Å². The van der Waals surface area contributed by atoms with Gasteiger partial charge in [-0.15, -0.1) is 11.6 Å². The lowest BCUT2D eigenvalue weighted by molar-refractivity contribution is 1.13. The second kappa shape index (κ2) is 5.10. The second-order valence-corrected chi connectivity index (χ2v) is 2.03. The minimum atomic E-state index is 0.576. The van der Waals surface area contributed by atoms with Gasteiger partial charge < -0.3 is 5.41 Å². The molecular weight excluding hydrogens is 122 g/mol. The van der Waals surface area contributed by atoms with Crippen molar-refractivity contribution in [3.8, 4) is 0 Å². The summed E-state index contributed by atoms with van der Waals surface area (Å²) in [5, 5.41) is 7.17. The molecule has 0 aliphatic rings. The van der Waals surface area contributed by atoms with E-state index in [9.17, 15) is 0 Å². The molecule has 2 heteroatoms. The van der Waals surface area contributed by atoms with Gasteiger partial charge in [0.2, 0.25) is 0 Å². The van der Waals surface area contributed by atoms with Crippen molar-refractivity contribution in [3.63, 3.8) is 0 Å². The quantitative estimate of drug-likeness (QED) is 0.448. The third-order valence-electron chi connectivity index (χ3n) is 0.847. The molecule has 0 saturated heterocycles. The number of halogens is 1. The fourth-order valence-corrected chi connectivity index (χ4v) is 0.691. The fraction of sp³-hybridized carbons (Fsp3) is 0.667. The van der Waals surface area contributed by atoms with Crippen molar-refractivity contribution in [3.05, 3.63) is 6.42 Å². The molecule has 0 bridgehead atoms. The molecule has 0 aromatic heterocycles. The largest absolute Gasteiger partial charge is 0.310 e. The molecule has 0 aromatic carbocycles. The Bertz CT molecular complexity index is 62.9. The summed E-state index contributed by atoms with van der Waals surface area (Å²) >= 11 is 5.38. The van der Waals surface area contributed by atoms with Gasteiger partial charge in [0.1, 0.15) is 0 Å². The first-order valence-electron chi connectivity index (χ1n) is 2.71. The molecule has 0 unspecified atom stereocenters. The lowest BCUT2D eigenvalue weighted by Crippen LogP contribution is -1.95. The summed E-state index contributed by atoms with van der Waals surface area (Å²) in [7, 11) is 0. The molecule has 0 aliphatic carbocycles. The van der Waals surface area contributed by atoms with E-state index in [0.717, 1.165) is 18.6 Å². The van der Waals surface area contributed by atoms with Gasteiger partial charge in [-0.2, -0.15) is 0 Å². The highest BCUT2D eigenvalue weighted by Crippen LogP contribution is 1.94. The Labute approximate surface area is 55.6 Å². The smallest absolute Gasteiger partial charge is 0.0275 e. The summed E-state index contributed by atoms with van der Waals surface area (Å²) in [5.41, 5.74) is 0.725. The maximum absolute atomic E-state index is 7.17. The van der Waals surface area contributed by atoms with Gasteiger partial charge >= 0.3 is 0 Å². The van der Waals surface area contributed by atoms with E-state index in [0.29, 0.717) is 5.88 Å². The number of rotatable bonds is 4. The van der Waals surface area contributed by atoms with Crippen molar-refractivity contribution in [2.75, 3.05) is 5.88 Å². The Morgan fingerprint density at radius 2 is 2.38 bits per heavy atom. The Morgan fingerprint density at radius 1 is 1.75 bits per heavy atom. The van der Waals surface area contributed by atoms with Crippen LogP contribution in [0.3, 0.4) is 0 Å². The van der Waals surface area contributed by atoms with Gasteiger partial charge in [0.15, 0.2) is 0 Å². The number of hydrogen-bond acceptors (Lipinski definition) is 1. The molecule has 0 rings (SSSR count). The van der Waals surface area contributed by atoms with Crippen LogP contribution in [-0.2, 0) is 0 Å². The molecule has 0 atom stereocenters. The van der Waals surface area contributed by atoms with Crippen molar-refractivity contribution in [2.45, 2.75) is 19.8 Å². The zero-order chi connectivity index (χ0) is 6.41. The monoisotopic (exact) mass is 132 g/mol. The Morgan fingerprint density at radius 3 is 2.75 bits per heavy atom. The van der Waals surface area contributed by atoms with Crippen LogP contribution in [0.1, 0.15) is 19.8 Å². The van der Waals surface area contributed by atoms with Gasteiger partial charge in [-0.05, 0) is 19.3 Å². The van der Waals surface area contributed by atoms with Crippen LogP contribution in [0.15, 0.2) is 0 Å². The lowest BCUT2D eigenvalue weighted by Gasteiger charge is -1.94. The van der Waals surface area contributed by atoms with E-state index in [1.807, 2.05) is 13.3 Å². The molecule has 8 heavy (non-hydrogen) atoms. The summed E-state index contributed by atoms with van der Waals surface area (Å²) in [5.74, 6) is 0.576. The summed E-state index contributed by atoms with van der Waals surface area (Å²) in [6, 6.07) is 0.